The Bertz CT molecular complexity index is 434. The quantitative estimate of drug-likeness (QED) is 0.813. The second-order valence-corrected chi connectivity index (χ2v) is 4.37. The van der Waals surface area contributed by atoms with E-state index in [9.17, 15) is 4.79 Å². The zero-order valence-corrected chi connectivity index (χ0v) is 10.6. The minimum Gasteiger partial charge on any atom is -0.491 e. The van der Waals surface area contributed by atoms with Crippen LogP contribution in [-0.4, -0.2) is 37.2 Å². The third-order valence-corrected chi connectivity index (χ3v) is 3.05. The molecule has 0 aromatic heterocycles. The number of hydrogen-bond acceptors (Lipinski definition) is 3. The molecule has 1 aliphatic heterocycles. The van der Waals surface area contributed by atoms with E-state index >= 15 is 0 Å². The van der Waals surface area contributed by atoms with Crippen molar-refractivity contribution in [3.8, 4) is 5.75 Å². The minimum absolute atomic E-state index is 0.00830. The van der Waals surface area contributed by atoms with Gasteiger partial charge in [-0.3, -0.25) is 0 Å². The van der Waals surface area contributed by atoms with E-state index in [4.69, 9.17) is 10.5 Å². The number of nitrogens with zero attached hydrogens (tertiary/aromatic N) is 1. The minimum atomic E-state index is -0.00830. The van der Waals surface area contributed by atoms with Gasteiger partial charge in [-0.05, 0) is 24.1 Å². The normalized spacial score (nSPS) is 14.8. The molecule has 5 nitrogen and oxygen atoms in total. The molecule has 0 spiro atoms. The van der Waals surface area contributed by atoms with Crippen molar-refractivity contribution in [3.63, 3.8) is 0 Å². The van der Waals surface area contributed by atoms with E-state index in [1.54, 1.807) is 4.90 Å². The number of rotatable bonds is 5. The summed E-state index contributed by atoms with van der Waals surface area (Å²) in [5.74, 6) is 0.845. The average molecular weight is 249 g/mol. The molecule has 1 fully saturated rings. The van der Waals surface area contributed by atoms with Gasteiger partial charge in [0, 0.05) is 19.6 Å². The van der Waals surface area contributed by atoms with E-state index < -0.39 is 0 Å². The first-order valence-electron chi connectivity index (χ1n) is 6.16. The molecule has 5 heteroatoms. The van der Waals surface area contributed by atoms with Gasteiger partial charge in [0.15, 0.2) is 0 Å². The zero-order chi connectivity index (χ0) is 13.0. The van der Waals surface area contributed by atoms with Crippen molar-refractivity contribution in [3.05, 3.63) is 29.3 Å². The van der Waals surface area contributed by atoms with Gasteiger partial charge in [-0.1, -0.05) is 12.1 Å². The van der Waals surface area contributed by atoms with E-state index in [-0.39, 0.29) is 6.03 Å². The second kappa shape index (κ2) is 5.73. The fourth-order valence-corrected chi connectivity index (χ4v) is 1.92. The molecule has 0 unspecified atom stereocenters. The number of carbonyl (C=O) groups is 1. The smallest absolute Gasteiger partial charge is 0.317 e. The number of ether oxygens (including phenoxy) is 1. The van der Waals surface area contributed by atoms with Crippen molar-refractivity contribution < 1.29 is 9.53 Å². The first-order chi connectivity index (χ1) is 8.70. The third-order valence-electron chi connectivity index (χ3n) is 3.05. The van der Waals surface area contributed by atoms with Crippen LogP contribution < -0.4 is 15.8 Å². The van der Waals surface area contributed by atoms with Crippen LogP contribution in [0.2, 0.25) is 0 Å². The maximum atomic E-state index is 11.3. The summed E-state index contributed by atoms with van der Waals surface area (Å²) in [5.41, 5.74) is 7.73. The lowest BCUT2D eigenvalue weighted by atomic mass is 10.1. The summed E-state index contributed by atoms with van der Waals surface area (Å²) in [7, 11) is 0. The van der Waals surface area contributed by atoms with Gasteiger partial charge in [-0.15, -0.1) is 0 Å². The van der Waals surface area contributed by atoms with E-state index in [2.05, 4.69) is 5.32 Å². The number of aryl methyl sites for hydroxylation is 1. The van der Waals surface area contributed by atoms with Crippen LogP contribution in [0.1, 0.15) is 11.1 Å². The topological polar surface area (TPSA) is 67.6 Å². The molecule has 1 aromatic rings. The Labute approximate surface area is 107 Å². The molecule has 2 amide bonds. The van der Waals surface area contributed by atoms with Crippen molar-refractivity contribution in [2.24, 2.45) is 5.73 Å². The standard InChI is InChI=1S/C13H19N3O2/c1-10-2-3-11(9-14)8-12(10)18-7-6-16-5-4-15-13(16)17/h2-3,8H,4-7,9,14H2,1H3,(H,15,17). The van der Waals surface area contributed by atoms with Crippen LogP contribution in [0.25, 0.3) is 0 Å². The van der Waals surface area contributed by atoms with Crippen molar-refractivity contribution >= 4 is 6.03 Å². The predicted molar refractivity (Wildman–Crippen MR) is 69.5 cm³/mol. The molecule has 98 valence electrons. The fourth-order valence-electron chi connectivity index (χ4n) is 1.92. The van der Waals surface area contributed by atoms with E-state index in [1.807, 2.05) is 25.1 Å². The number of hydrogen-bond donors (Lipinski definition) is 2. The summed E-state index contributed by atoms with van der Waals surface area (Å²) in [6.07, 6.45) is 0. The third kappa shape index (κ3) is 2.92. The monoisotopic (exact) mass is 249 g/mol. The van der Waals surface area contributed by atoms with Crippen molar-refractivity contribution in [1.82, 2.24) is 10.2 Å². The number of amides is 2. The lowest BCUT2D eigenvalue weighted by Crippen LogP contribution is -2.31. The molecule has 1 heterocycles. The number of urea groups is 1. The molecule has 3 N–H and O–H groups in total. The lowest BCUT2D eigenvalue weighted by molar-refractivity contribution is 0.202. The van der Waals surface area contributed by atoms with Gasteiger partial charge in [0.1, 0.15) is 12.4 Å². The van der Waals surface area contributed by atoms with Gasteiger partial charge < -0.3 is 20.7 Å². The van der Waals surface area contributed by atoms with Crippen LogP contribution in [-0.2, 0) is 6.54 Å². The van der Waals surface area contributed by atoms with Gasteiger partial charge in [-0.2, -0.15) is 0 Å². The summed E-state index contributed by atoms with van der Waals surface area (Å²) in [4.78, 5) is 13.1. The Morgan fingerprint density at radius 2 is 2.33 bits per heavy atom. The summed E-state index contributed by atoms with van der Waals surface area (Å²) < 4.78 is 5.71. The molecule has 1 aliphatic rings. The van der Waals surface area contributed by atoms with Crippen molar-refractivity contribution in [1.29, 1.82) is 0 Å². The summed E-state index contributed by atoms with van der Waals surface area (Å²) in [6, 6.07) is 5.95. The van der Waals surface area contributed by atoms with Gasteiger partial charge in [0.05, 0.1) is 6.54 Å². The lowest BCUT2D eigenvalue weighted by Gasteiger charge is -2.15. The van der Waals surface area contributed by atoms with Crippen LogP contribution in [0.4, 0.5) is 4.79 Å². The SMILES string of the molecule is Cc1ccc(CN)cc1OCCN1CCNC1=O. The summed E-state index contributed by atoms with van der Waals surface area (Å²) >= 11 is 0. The number of nitrogens with one attached hydrogen (secondary N) is 1. The second-order valence-electron chi connectivity index (χ2n) is 4.37. The molecule has 0 saturated carbocycles. The average Bonchev–Trinajstić information content (AvgIpc) is 2.77. The first kappa shape index (κ1) is 12.7. The molecular weight excluding hydrogens is 230 g/mol. The van der Waals surface area contributed by atoms with Crippen LogP contribution in [0.5, 0.6) is 5.75 Å². The molecule has 0 aliphatic carbocycles. The summed E-state index contributed by atoms with van der Waals surface area (Å²) in [6.45, 7) is 5.09. The molecule has 1 saturated heterocycles. The Hall–Kier alpha value is -1.75. The van der Waals surface area contributed by atoms with Crippen molar-refractivity contribution in [2.45, 2.75) is 13.5 Å². The van der Waals surface area contributed by atoms with Crippen LogP contribution in [0, 0.1) is 6.92 Å². The van der Waals surface area contributed by atoms with Crippen LogP contribution in [0.3, 0.4) is 0 Å². The molecule has 1 aromatic carbocycles. The highest BCUT2D eigenvalue weighted by atomic mass is 16.5. The van der Waals surface area contributed by atoms with Crippen LogP contribution in [0.15, 0.2) is 18.2 Å². The molecular formula is C13H19N3O2. The fraction of sp³-hybridized carbons (Fsp3) is 0.462. The highest BCUT2D eigenvalue weighted by Crippen LogP contribution is 2.19. The number of carbonyl (C=O) groups excluding carboxylic acids is 1. The molecule has 2 rings (SSSR count). The maximum absolute atomic E-state index is 11.3. The number of benzene rings is 1. The zero-order valence-electron chi connectivity index (χ0n) is 10.6. The predicted octanol–water partition coefficient (Wildman–Crippen LogP) is 0.858. The summed E-state index contributed by atoms with van der Waals surface area (Å²) in [5, 5.41) is 2.76. The van der Waals surface area contributed by atoms with Gasteiger partial charge in [0.2, 0.25) is 0 Å². The first-order valence-corrected chi connectivity index (χ1v) is 6.16. The van der Waals surface area contributed by atoms with Gasteiger partial charge in [0.25, 0.3) is 0 Å². The van der Waals surface area contributed by atoms with Crippen LogP contribution >= 0.6 is 0 Å². The molecule has 18 heavy (non-hydrogen) atoms. The van der Waals surface area contributed by atoms with E-state index in [1.165, 1.54) is 0 Å². The van der Waals surface area contributed by atoms with Crippen molar-refractivity contribution in [2.75, 3.05) is 26.2 Å². The molecule has 0 radical (unpaired) electrons. The highest BCUT2D eigenvalue weighted by molar-refractivity contribution is 5.76. The highest BCUT2D eigenvalue weighted by Gasteiger charge is 2.18. The van der Waals surface area contributed by atoms with E-state index in [0.717, 1.165) is 30.0 Å². The molecule has 0 bridgehead atoms. The Balaban J connectivity index is 1.87. The Morgan fingerprint density at radius 1 is 1.50 bits per heavy atom. The van der Waals surface area contributed by atoms with E-state index in [0.29, 0.717) is 19.7 Å². The maximum Gasteiger partial charge on any atom is 0.317 e. The number of nitrogens with two attached hydrogens (primary N) is 1. The largest absolute Gasteiger partial charge is 0.491 e. The Morgan fingerprint density at radius 3 is 3.00 bits per heavy atom. The Kier molecular flexibility index (Phi) is 4.04. The molecule has 0 atom stereocenters. The van der Waals surface area contributed by atoms with Gasteiger partial charge >= 0.3 is 6.03 Å². The van der Waals surface area contributed by atoms with Gasteiger partial charge in [-0.25, -0.2) is 4.79 Å².